The second-order valence-electron chi connectivity index (χ2n) is 9.84. The smallest absolute Gasteiger partial charge is 0.132 e. The number of anilines is 1. The van der Waals surface area contributed by atoms with Gasteiger partial charge in [-0.1, -0.05) is 48.0 Å². The maximum atomic E-state index is 14.3. The van der Waals surface area contributed by atoms with E-state index in [0.29, 0.717) is 40.1 Å². The van der Waals surface area contributed by atoms with Crippen LogP contribution in [-0.4, -0.2) is 37.6 Å². The van der Waals surface area contributed by atoms with Crippen molar-refractivity contribution in [2.75, 3.05) is 24.6 Å². The van der Waals surface area contributed by atoms with E-state index in [-0.39, 0.29) is 11.9 Å². The molecule has 2 aromatic carbocycles. The molecule has 0 radical (unpaired) electrons. The molecule has 176 valence electrons. The van der Waals surface area contributed by atoms with Gasteiger partial charge in [-0.3, -0.25) is 4.99 Å². The Kier molecular flexibility index (Phi) is 5.79. The first-order chi connectivity index (χ1) is 16.5. The summed E-state index contributed by atoms with van der Waals surface area (Å²) in [5.74, 6) is 0.849. The first-order valence-electron chi connectivity index (χ1n) is 12.0. The van der Waals surface area contributed by atoms with E-state index in [1.807, 2.05) is 30.3 Å². The summed E-state index contributed by atoms with van der Waals surface area (Å²) < 4.78 is 20.9. The van der Waals surface area contributed by atoms with Gasteiger partial charge in [0.05, 0.1) is 35.0 Å². The number of benzene rings is 2. The zero-order chi connectivity index (χ0) is 23.4. The summed E-state index contributed by atoms with van der Waals surface area (Å²) in [6, 6.07) is 11.4. The monoisotopic (exact) mass is 496 g/mol. The van der Waals surface area contributed by atoms with Crippen LogP contribution in [0.3, 0.4) is 0 Å². The molecular weight excluding hydrogens is 470 g/mol. The zero-order valence-electron chi connectivity index (χ0n) is 18.9. The average molecular weight is 497 g/mol. The van der Waals surface area contributed by atoms with Crippen molar-refractivity contribution in [3.8, 4) is 0 Å². The van der Waals surface area contributed by atoms with Gasteiger partial charge >= 0.3 is 0 Å². The zero-order valence-corrected chi connectivity index (χ0v) is 20.5. The highest BCUT2D eigenvalue weighted by Crippen LogP contribution is 2.45. The molecule has 3 atom stereocenters. The number of piperidine rings is 1. The Morgan fingerprint density at radius 1 is 1.15 bits per heavy atom. The molecule has 2 aliphatic carbocycles. The van der Waals surface area contributed by atoms with E-state index in [1.165, 1.54) is 24.0 Å². The summed E-state index contributed by atoms with van der Waals surface area (Å²) in [5, 5.41) is 1.26. The van der Waals surface area contributed by atoms with E-state index < -0.39 is 0 Å². The Morgan fingerprint density at radius 3 is 2.59 bits per heavy atom. The van der Waals surface area contributed by atoms with Gasteiger partial charge in [0.1, 0.15) is 5.82 Å². The maximum Gasteiger partial charge on any atom is 0.132 e. The van der Waals surface area contributed by atoms with Crippen molar-refractivity contribution in [3.05, 3.63) is 81.1 Å². The molecule has 3 nitrogen and oxygen atoms in total. The molecular formula is C28H27Cl2FN2O. The van der Waals surface area contributed by atoms with Crippen LogP contribution < -0.4 is 4.90 Å². The number of hydrogen-bond donors (Lipinski definition) is 0. The van der Waals surface area contributed by atoms with E-state index in [9.17, 15) is 4.39 Å². The number of rotatable bonds is 7. The first kappa shape index (κ1) is 22.3. The Balaban J connectivity index is 1.17. The Labute approximate surface area is 209 Å². The minimum Gasteiger partial charge on any atom is -0.373 e. The van der Waals surface area contributed by atoms with Crippen molar-refractivity contribution < 1.29 is 9.13 Å². The van der Waals surface area contributed by atoms with E-state index in [0.717, 1.165) is 42.9 Å². The fraction of sp³-hybridized carbons (Fsp3) is 0.393. The molecule has 1 saturated heterocycles. The molecule has 0 amide bonds. The van der Waals surface area contributed by atoms with Crippen LogP contribution >= 0.6 is 23.2 Å². The third-order valence-electron chi connectivity index (χ3n) is 7.81. The van der Waals surface area contributed by atoms with Crippen molar-refractivity contribution in [1.29, 1.82) is 0 Å². The minimum atomic E-state index is -0.214. The fourth-order valence-corrected chi connectivity index (χ4v) is 6.48. The molecule has 4 aliphatic rings. The lowest BCUT2D eigenvalue weighted by atomic mass is 9.98. The topological polar surface area (TPSA) is 24.8 Å². The molecule has 0 aromatic heterocycles. The molecule has 0 spiro atoms. The Bertz CT molecular complexity index is 1200. The Morgan fingerprint density at radius 2 is 1.94 bits per heavy atom. The molecule has 6 heteroatoms. The predicted octanol–water partition coefficient (Wildman–Crippen LogP) is 6.97. The SMILES string of the molecule is C=Cc1ccc(N2CC3C[C@@H]2CC3OCC2=C(C3CC3)CN=C2c2c(Cl)cccc2Cl)cc1F. The lowest BCUT2D eigenvalue weighted by Crippen LogP contribution is -2.39. The predicted molar refractivity (Wildman–Crippen MR) is 138 cm³/mol. The summed E-state index contributed by atoms with van der Waals surface area (Å²) in [7, 11) is 0. The van der Waals surface area contributed by atoms with Gasteiger partial charge in [0.15, 0.2) is 0 Å². The molecule has 34 heavy (non-hydrogen) atoms. The second-order valence-corrected chi connectivity index (χ2v) is 10.7. The highest BCUT2D eigenvalue weighted by molar-refractivity contribution is 6.41. The second kappa shape index (κ2) is 8.82. The normalized spacial score (nSPS) is 25.9. The van der Waals surface area contributed by atoms with Crippen LogP contribution in [0.5, 0.6) is 0 Å². The minimum absolute atomic E-state index is 0.204. The lowest BCUT2D eigenvalue weighted by Gasteiger charge is -2.33. The van der Waals surface area contributed by atoms with E-state index in [1.54, 1.807) is 12.1 Å². The summed E-state index contributed by atoms with van der Waals surface area (Å²) in [4.78, 5) is 7.20. The molecule has 2 aliphatic heterocycles. The number of hydrogen-bond acceptors (Lipinski definition) is 3. The number of ether oxygens (including phenoxy) is 1. The van der Waals surface area contributed by atoms with Crippen LogP contribution in [-0.2, 0) is 4.74 Å². The van der Waals surface area contributed by atoms with Gasteiger partial charge in [0.2, 0.25) is 0 Å². The van der Waals surface area contributed by atoms with E-state index >= 15 is 0 Å². The summed E-state index contributed by atoms with van der Waals surface area (Å²) >= 11 is 13.1. The van der Waals surface area contributed by atoms with Crippen LogP contribution in [0.25, 0.3) is 6.08 Å². The van der Waals surface area contributed by atoms with Gasteiger partial charge in [0.25, 0.3) is 0 Å². The standard InChI is InChI=1S/C28H27Cl2FN2O/c1-2-16-8-9-19(11-25(16)31)33-14-18-10-20(33)12-26(18)34-15-22-21(17-6-7-17)13-32-28(22)27-23(29)4-3-5-24(27)30/h2-5,8-9,11,17-18,20,26H,1,6-7,10,12-15H2/t18?,20-,26?/m1/s1. The molecule has 3 fully saturated rings. The lowest BCUT2D eigenvalue weighted by molar-refractivity contribution is 0.0402. The van der Waals surface area contributed by atoms with Gasteiger partial charge in [-0.15, -0.1) is 0 Å². The van der Waals surface area contributed by atoms with E-state index in [2.05, 4.69) is 11.5 Å². The third-order valence-corrected chi connectivity index (χ3v) is 8.43. The quantitative estimate of drug-likeness (QED) is 0.413. The van der Waals surface area contributed by atoms with E-state index in [4.69, 9.17) is 32.9 Å². The van der Waals surface area contributed by atoms with Crippen LogP contribution in [0, 0.1) is 17.7 Å². The van der Waals surface area contributed by atoms with Gasteiger partial charge in [-0.25, -0.2) is 4.39 Å². The fourth-order valence-electron chi connectivity index (χ4n) is 5.91. The van der Waals surface area contributed by atoms with Crippen LogP contribution in [0.4, 0.5) is 10.1 Å². The summed E-state index contributed by atoms with van der Waals surface area (Å²) in [6.07, 6.45) is 6.25. The largest absolute Gasteiger partial charge is 0.373 e. The van der Waals surface area contributed by atoms with Crippen molar-refractivity contribution in [3.63, 3.8) is 0 Å². The van der Waals surface area contributed by atoms with Gasteiger partial charge in [0, 0.05) is 40.9 Å². The summed E-state index contributed by atoms with van der Waals surface area (Å²) in [6.45, 7) is 5.84. The third kappa shape index (κ3) is 3.90. The highest BCUT2D eigenvalue weighted by atomic mass is 35.5. The number of fused-ring (bicyclic) bond motifs is 2. The number of aliphatic imine (C=N–C) groups is 1. The van der Waals surface area contributed by atoms with Crippen LogP contribution in [0.2, 0.25) is 10.0 Å². The highest BCUT2D eigenvalue weighted by Gasteiger charge is 2.46. The van der Waals surface area contributed by atoms with Gasteiger partial charge < -0.3 is 9.64 Å². The molecule has 2 heterocycles. The van der Waals surface area contributed by atoms with Crippen molar-refractivity contribution in [1.82, 2.24) is 0 Å². The molecule has 2 bridgehead atoms. The summed E-state index contributed by atoms with van der Waals surface area (Å²) in [5.41, 5.74) is 5.80. The Hall–Kier alpha value is -2.14. The van der Waals surface area contributed by atoms with Gasteiger partial charge in [-0.2, -0.15) is 0 Å². The van der Waals surface area contributed by atoms with Crippen LogP contribution in [0.1, 0.15) is 36.8 Å². The first-order valence-corrected chi connectivity index (χ1v) is 12.8. The molecule has 0 N–H and O–H groups in total. The van der Waals surface area contributed by atoms with Crippen molar-refractivity contribution >= 4 is 40.7 Å². The molecule has 2 aromatic rings. The number of halogens is 3. The molecule has 2 unspecified atom stereocenters. The van der Waals surface area contributed by atoms with Gasteiger partial charge in [-0.05, 0) is 61.4 Å². The van der Waals surface area contributed by atoms with Crippen LogP contribution in [0.15, 0.2) is 59.1 Å². The van der Waals surface area contributed by atoms with Crippen molar-refractivity contribution in [2.24, 2.45) is 16.8 Å². The maximum absolute atomic E-state index is 14.3. The van der Waals surface area contributed by atoms with Crippen molar-refractivity contribution in [2.45, 2.75) is 37.8 Å². The number of nitrogens with zero attached hydrogens (tertiary/aromatic N) is 2. The average Bonchev–Trinajstić information content (AvgIpc) is 3.28. The molecule has 6 rings (SSSR count). The molecule has 2 saturated carbocycles.